The predicted octanol–water partition coefficient (Wildman–Crippen LogP) is 2.39. The second-order valence-corrected chi connectivity index (χ2v) is 5.05. The van der Waals surface area contributed by atoms with E-state index in [1.54, 1.807) is 6.07 Å². The predicted molar refractivity (Wildman–Crippen MR) is 67.5 cm³/mol. The van der Waals surface area contributed by atoms with Gasteiger partial charge in [-0.25, -0.2) is 4.79 Å². The third-order valence-corrected chi connectivity index (χ3v) is 3.84. The van der Waals surface area contributed by atoms with Crippen LogP contribution in [-0.4, -0.2) is 22.2 Å². The van der Waals surface area contributed by atoms with E-state index in [-0.39, 0.29) is 15.8 Å². The Morgan fingerprint density at radius 2 is 2.18 bits per heavy atom. The first-order chi connectivity index (χ1) is 7.95. The van der Waals surface area contributed by atoms with Gasteiger partial charge < -0.3 is 10.8 Å². The van der Waals surface area contributed by atoms with Crippen molar-refractivity contribution in [1.82, 2.24) is 0 Å². The van der Waals surface area contributed by atoms with Crippen LogP contribution in [0, 0.1) is 0 Å². The Hall–Kier alpha value is -1.20. The SMILES string of the molecule is CCC(Sc1ccc(Cl)c(C(=O)O)c1)C(N)=O. The summed E-state index contributed by atoms with van der Waals surface area (Å²) in [7, 11) is 0. The van der Waals surface area contributed by atoms with Gasteiger partial charge in [0.05, 0.1) is 15.8 Å². The van der Waals surface area contributed by atoms with Gasteiger partial charge in [-0.3, -0.25) is 4.79 Å². The van der Waals surface area contributed by atoms with E-state index in [4.69, 9.17) is 22.4 Å². The minimum absolute atomic E-state index is 0.0241. The van der Waals surface area contributed by atoms with Crippen molar-refractivity contribution in [2.45, 2.75) is 23.5 Å². The maximum absolute atomic E-state index is 11.1. The second kappa shape index (κ2) is 5.93. The van der Waals surface area contributed by atoms with Gasteiger partial charge in [-0.2, -0.15) is 0 Å². The van der Waals surface area contributed by atoms with Gasteiger partial charge in [0.25, 0.3) is 0 Å². The van der Waals surface area contributed by atoms with Crippen LogP contribution in [-0.2, 0) is 4.79 Å². The second-order valence-electron chi connectivity index (χ2n) is 3.36. The Kier molecular flexibility index (Phi) is 4.84. The molecular weight excluding hydrogens is 262 g/mol. The largest absolute Gasteiger partial charge is 0.478 e. The smallest absolute Gasteiger partial charge is 0.337 e. The number of hydrogen-bond donors (Lipinski definition) is 2. The van der Waals surface area contributed by atoms with Gasteiger partial charge in [0.1, 0.15) is 0 Å². The number of aromatic carboxylic acids is 1. The molecule has 4 nitrogen and oxygen atoms in total. The number of primary amides is 1. The van der Waals surface area contributed by atoms with E-state index in [1.165, 1.54) is 23.9 Å². The Morgan fingerprint density at radius 3 is 2.65 bits per heavy atom. The average molecular weight is 274 g/mol. The molecule has 0 heterocycles. The summed E-state index contributed by atoms with van der Waals surface area (Å²) in [5.74, 6) is -1.51. The van der Waals surface area contributed by atoms with Crippen molar-refractivity contribution in [1.29, 1.82) is 0 Å². The zero-order valence-corrected chi connectivity index (χ0v) is 10.7. The third kappa shape index (κ3) is 3.64. The first-order valence-corrected chi connectivity index (χ1v) is 6.20. The number of benzene rings is 1. The lowest BCUT2D eigenvalue weighted by atomic mass is 10.2. The fraction of sp³-hybridized carbons (Fsp3) is 0.273. The van der Waals surface area contributed by atoms with Crippen molar-refractivity contribution in [3.05, 3.63) is 28.8 Å². The monoisotopic (exact) mass is 273 g/mol. The summed E-state index contributed by atoms with van der Waals surface area (Å²) < 4.78 is 0. The average Bonchev–Trinajstić information content (AvgIpc) is 2.27. The number of hydrogen-bond acceptors (Lipinski definition) is 3. The number of amides is 1. The third-order valence-electron chi connectivity index (χ3n) is 2.13. The molecule has 0 saturated heterocycles. The molecule has 0 fully saturated rings. The highest BCUT2D eigenvalue weighted by molar-refractivity contribution is 8.00. The molecule has 3 N–H and O–H groups in total. The van der Waals surface area contributed by atoms with Crippen LogP contribution in [0.15, 0.2) is 23.1 Å². The van der Waals surface area contributed by atoms with E-state index >= 15 is 0 Å². The number of nitrogens with two attached hydrogens (primary N) is 1. The molecule has 1 atom stereocenters. The molecule has 1 amide bonds. The molecule has 17 heavy (non-hydrogen) atoms. The standard InChI is InChI=1S/C11H12ClNO3S/c1-2-9(10(13)14)17-6-3-4-8(12)7(5-6)11(15)16/h3-5,9H,2H2,1H3,(H2,13,14)(H,15,16). The highest BCUT2D eigenvalue weighted by atomic mass is 35.5. The number of carbonyl (C=O) groups is 2. The van der Waals surface area contributed by atoms with Gasteiger partial charge in [0.2, 0.25) is 5.91 Å². The molecule has 0 bridgehead atoms. The fourth-order valence-corrected chi connectivity index (χ4v) is 2.39. The van der Waals surface area contributed by atoms with E-state index in [9.17, 15) is 9.59 Å². The Bertz CT molecular complexity index is 450. The molecular formula is C11H12ClNO3S. The van der Waals surface area contributed by atoms with Crippen LogP contribution in [0.3, 0.4) is 0 Å². The maximum atomic E-state index is 11.1. The molecule has 1 aromatic rings. The number of carboxylic acid groups (broad SMARTS) is 1. The first kappa shape index (κ1) is 13.9. The minimum atomic E-state index is -1.09. The lowest BCUT2D eigenvalue weighted by Crippen LogP contribution is -2.24. The Labute approximate surface area is 108 Å². The lowest BCUT2D eigenvalue weighted by molar-refractivity contribution is -0.117. The molecule has 0 spiro atoms. The highest BCUT2D eigenvalue weighted by Gasteiger charge is 2.16. The molecule has 92 valence electrons. The molecule has 1 rings (SSSR count). The Morgan fingerprint density at radius 1 is 1.53 bits per heavy atom. The van der Waals surface area contributed by atoms with Crippen molar-refractivity contribution in [2.24, 2.45) is 5.73 Å². The van der Waals surface area contributed by atoms with E-state index in [0.717, 1.165) is 0 Å². The summed E-state index contributed by atoms with van der Waals surface area (Å²) in [6, 6.07) is 4.62. The lowest BCUT2D eigenvalue weighted by Gasteiger charge is -2.11. The molecule has 0 aliphatic carbocycles. The normalized spacial score (nSPS) is 12.1. The van der Waals surface area contributed by atoms with Crippen LogP contribution < -0.4 is 5.73 Å². The van der Waals surface area contributed by atoms with Crippen molar-refractivity contribution in [2.75, 3.05) is 0 Å². The summed E-state index contributed by atoms with van der Waals surface area (Å²) in [5, 5.41) is 8.72. The molecule has 0 aliphatic heterocycles. The fourth-order valence-electron chi connectivity index (χ4n) is 1.25. The zero-order valence-electron chi connectivity index (χ0n) is 9.14. The van der Waals surface area contributed by atoms with Crippen LogP contribution in [0.2, 0.25) is 5.02 Å². The molecule has 0 radical (unpaired) electrons. The maximum Gasteiger partial charge on any atom is 0.337 e. The topological polar surface area (TPSA) is 80.4 Å². The number of carbonyl (C=O) groups excluding carboxylic acids is 1. The summed E-state index contributed by atoms with van der Waals surface area (Å²) in [5.41, 5.74) is 5.24. The van der Waals surface area contributed by atoms with Crippen molar-refractivity contribution in [3.63, 3.8) is 0 Å². The van der Waals surface area contributed by atoms with Gasteiger partial charge in [-0.05, 0) is 24.6 Å². The first-order valence-electron chi connectivity index (χ1n) is 4.94. The van der Waals surface area contributed by atoms with E-state index < -0.39 is 11.9 Å². The molecule has 6 heteroatoms. The summed E-state index contributed by atoms with van der Waals surface area (Å²) in [4.78, 5) is 22.6. The van der Waals surface area contributed by atoms with Gasteiger partial charge in [-0.15, -0.1) is 11.8 Å². The number of thioether (sulfide) groups is 1. The molecule has 1 aromatic carbocycles. The molecule has 0 aliphatic rings. The van der Waals surface area contributed by atoms with E-state index in [2.05, 4.69) is 0 Å². The van der Waals surface area contributed by atoms with Crippen LogP contribution >= 0.6 is 23.4 Å². The summed E-state index contributed by atoms with van der Waals surface area (Å²) >= 11 is 6.98. The van der Waals surface area contributed by atoms with Crippen LogP contribution in [0.25, 0.3) is 0 Å². The highest BCUT2D eigenvalue weighted by Crippen LogP contribution is 2.28. The van der Waals surface area contributed by atoms with Crippen molar-refractivity contribution < 1.29 is 14.7 Å². The number of rotatable bonds is 5. The number of halogens is 1. The van der Waals surface area contributed by atoms with Gasteiger partial charge >= 0.3 is 5.97 Å². The van der Waals surface area contributed by atoms with Gasteiger partial charge in [0.15, 0.2) is 0 Å². The van der Waals surface area contributed by atoms with Gasteiger partial charge in [-0.1, -0.05) is 18.5 Å². The van der Waals surface area contributed by atoms with Crippen molar-refractivity contribution >= 4 is 35.2 Å². The van der Waals surface area contributed by atoms with E-state index in [0.29, 0.717) is 11.3 Å². The molecule has 0 saturated carbocycles. The Balaban J connectivity index is 2.96. The van der Waals surface area contributed by atoms with Gasteiger partial charge in [0, 0.05) is 4.90 Å². The number of carboxylic acids is 1. The minimum Gasteiger partial charge on any atom is -0.478 e. The van der Waals surface area contributed by atoms with Crippen LogP contribution in [0.4, 0.5) is 0 Å². The van der Waals surface area contributed by atoms with Crippen LogP contribution in [0.5, 0.6) is 0 Å². The summed E-state index contributed by atoms with van der Waals surface area (Å²) in [6.45, 7) is 1.84. The van der Waals surface area contributed by atoms with Crippen LogP contribution in [0.1, 0.15) is 23.7 Å². The zero-order chi connectivity index (χ0) is 13.0. The van der Waals surface area contributed by atoms with E-state index in [1.807, 2.05) is 6.92 Å². The quantitative estimate of drug-likeness (QED) is 0.807. The molecule has 1 unspecified atom stereocenters. The van der Waals surface area contributed by atoms with Crippen molar-refractivity contribution in [3.8, 4) is 0 Å². The summed E-state index contributed by atoms with van der Waals surface area (Å²) in [6.07, 6.45) is 0.588. The molecule has 0 aromatic heterocycles.